The highest BCUT2D eigenvalue weighted by Gasteiger charge is 2.33. The predicted molar refractivity (Wildman–Crippen MR) is 92.2 cm³/mol. The minimum atomic E-state index is 0.866. The molecule has 1 unspecified atom stereocenters. The molecule has 2 fully saturated rings. The highest BCUT2D eigenvalue weighted by molar-refractivity contribution is 5.13. The van der Waals surface area contributed by atoms with Gasteiger partial charge in [0.05, 0.1) is 32.2 Å². The fraction of sp³-hybridized carbons (Fsp3) is 0.700. The van der Waals surface area contributed by atoms with Gasteiger partial charge in [0.2, 0.25) is 0 Å². The van der Waals surface area contributed by atoms with Crippen LogP contribution in [0.2, 0.25) is 0 Å². The van der Waals surface area contributed by atoms with Gasteiger partial charge >= 0.3 is 0 Å². The standard InChI is InChI=1S/C20H32N2/c1-17-7-6-10-20(15-17)22-13-11-19(12-14-22)21(2)16-18-8-4-3-5-9-18/h3-5,8-9,17,19-20H,6-7,10-16H2,1-2H3/p+2/t17-,20+/m0/s1. The van der Waals surface area contributed by atoms with Crippen LogP contribution in [0.1, 0.15) is 51.0 Å². The van der Waals surface area contributed by atoms with Gasteiger partial charge in [-0.3, -0.25) is 0 Å². The number of hydrogen-bond acceptors (Lipinski definition) is 0. The van der Waals surface area contributed by atoms with Crippen LogP contribution in [0.15, 0.2) is 30.3 Å². The summed E-state index contributed by atoms with van der Waals surface area (Å²) in [6.45, 7) is 6.46. The van der Waals surface area contributed by atoms with E-state index in [0.717, 1.165) is 18.0 Å². The number of hydrogen-bond donors (Lipinski definition) is 2. The van der Waals surface area contributed by atoms with E-state index in [2.05, 4.69) is 44.3 Å². The lowest BCUT2D eigenvalue weighted by atomic mass is 9.85. The molecule has 2 N–H and O–H groups in total. The number of piperidine rings is 1. The first-order valence-electron chi connectivity index (χ1n) is 9.43. The average molecular weight is 303 g/mol. The van der Waals surface area contributed by atoms with Crippen molar-refractivity contribution in [1.82, 2.24) is 0 Å². The van der Waals surface area contributed by atoms with E-state index < -0.39 is 0 Å². The van der Waals surface area contributed by atoms with Gasteiger partial charge in [0, 0.05) is 24.8 Å². The summed E-state index contributed by atoms with van der Waals surface area (Å²) in [7, 11) is 2.39. The van der Waals surface area contributed by atoms with Gasteiger partial charge in [-0.2, -0.15) is 0 Å². The zero-order chi connectivity index (χ0) is 15.4. The SMILES string of the molecule is C[C@H]1CCC[C@@H]([NH+]2CCC([NH+](C)Cc3ccccc3)CC2)C1. The highest BCUT2D eigenvalue weighted by Crippen LogP contribution is 2.22. The van der Waals surface area contributed by atoms with E-state index in [9.17, 15) is 0 Å². The Labute approximate surface area is 136 Å². The van der Waals surface area contributed by atoms with Crippen LogP contribution < -0.4 is 9.80 Å². The Hall–Kier alpha value is -0.860. The maximum atomic E-state index is 2.45. The lowest BCUT2D eigenvalue weighted by molar-refractivity contribution is -0.967. The summed E-state index contributed by atoms with van der Waals surface area (Å²) in [5.41, 5.74) is 1.48. The third-order valence-corrected chi connectivity index (χ3v) is 6.16. The normalized spacial score (nSPS) is 34.3. The van der Waals surface area contributed by atoms with Crippen molar-refractivity contribution in [1.29, 1.82) is 0 Å². The lowest BCUT2D eigenvalue weighted by Gasteiger charge is -2.39. The summed E-state index contributed by atoms with van der Waals surface area (Å²) >= 11 is 0. The number of nitrogens with one attached hydrogen (secondary N) is 2. The Balaban J connectivity index is 1.47. The maximum Gasteiger partial charge on any atom is 0.103 e. The highest BCUT2D eigenvalue weighted by atomic mass is 15.2. The molecule has 3 atom stereocenters. The minimum absolute atomic E-state index is 0.866. The van der Waals surface area contributed by atoms with Gasteiger partial charge in [-0.1, -0.05) is 43.7 Å². The van der Waals surface area contributed by atoms with Crippen molar-refractivity contribution < 1.29 is 9.80 Å². The van der Waals surface area contributed by atoms with Crippen molar-refractivity contribution in [2.45, 2.75) is 64.1 Å². The Morgan fingerprint density at radius 3 is 2.45 bits per heavy atom. The second kappa shape index (κ2) is 7.61. The summed E-state index contributed by atoms with van der Waals surface area (Å²) < 4.78 is 0. The summed E-state index contributed by atoms with van der Waals surface area (Å²) in [6, 6.07) is 12.8. The first kappa shape index (κ1) is 16.0. The third-order valence-electron chi connectivity index (χ3n) is 6.16. The van der Waals surface area contributed by atoms with Crippen molar-refractivity contribution in [3.05, 3.63) is 35.9 Å². The van der Waals surface area contributed by atoms with Gasteiger partial charge in [-0.15, -0.1) is 0 Å². The van der Waals surface area contributed by atoms with Crippen molar-refractivity contribution in [2.75, 3.05) is 20.1 Å². The second-order valence-corrected chi connectivity index (χ2v) is 7.91. The van der Waals surface area contributed by atoms with Gasteiger partial charge in [-0.05, 0) is 18.8 Å². The summed E-state index contributed by atoms with van der Waals surface area (Å²) in [4.78, 5) is 3.64. The minimum Gasteiger partial charge on any atom is -0.332 e. The molecule has 1 aliphatic heterocycles. The van der Waals surface area contributed by atoms with Crippen LogP contribution in [-0.2, 0) is 6.54 Å². The molecule has 0 spiro atoms. The van der Waals surface area contributed by atoms with Gasteiger partial charge < -0.3 is 9.80 Å². The number of benzene rings is 1. The Bertz CT molecular complexity index is 436. The molecule has 0 amide bonds. The van der Waals surface area contributed by atoms with E-state index in [1.165, 1.54) is 63.7 Å². The molecule has 2 nitrogen and oxygen atoms in total. The Morgan fingerprint density at radius 2 is 1.77 bits per heavy atom. The van der Waals surface area contributed by atoms with Gasteiger partial charge in [0.25, 0.3) is 0 Å². The molecule has 1 aromatic carbocycles. The molecule has 1 aromatic rings. The second-order valence-electron chi connectivity index (χ2n) is 7.91. The van der Waals surface area contributed by atoms with E-state index in [1.807, 2.05) is 4.90 Å². The molecule has 1 aliphatic carbocycles. The van der Waals surface area contributed by atoms with E-state index in [1.54, 1.807) is 4.90 Å². The molecule has 1 heterocycles. The van der Waals surface area contributed by atoms with Crippen molar-refractivity contribution in [3.63, 3.8) is 0 Å². The Morgan fingerprint density at radius 1 is 1.05 bits per heavy atom. The van der Waals surface area contributed by atoms with E-state index in [-0.39, 0.29) is 0 Å². The third kappa shape index (κ3) is 4.11. The monoisotopic (exact) mass is 302 g/mol. The number of rotatable bonds is 4. The van der Waals surface area contributed by atoms with Crippen LogP contribution in [0, 0.1) is 5.92 Å². The molecule has 22 heavy (non-hydrogen) atoms. The van der Waals surface area contributed by atoms with Crippen molar-refractivity contribution >= 4 is 0 Å². The van der Waals surface area contributed by atoms with Crippen LogP contribution in [0.4, 0.5) is 0 Å². The number of likely N-dealkylation sites (tertiary alicyclic amines) is 1. The first-order chi connectivity index (χ1) is 10.7. The molecule has 0 aromatic heterocycles. The molecule has 2 aliphatic rings. The van der Waals surface area contributed by atoms with Crippen molar-refractivity contribution in [3.8, 4) is 0 Å². The zero-order valence-electron chi connectivity index (χ0n) is 14.5. The van der Waals surface area contributed by atoms with Crippen LogP contribution in [0.3, 0.4) is 0 Å². The van der Waals surface area contributed by atoms with Gasteiger partial charge in [-0.25, -0.2) is 0 Å². The smallest absolute Gasteiger partial charge is 0.103 e. The van der Waals surface area contributed by atoms with Gasteiger partial charge in [0.1, 0.15) is 6.54 Å². The van der Waals surface area contributed by atoms with Crippen LogP contribution in [-0.4, -0.2) is 32.2 Å². The quantitative estimate of drug-likeness (QED) is 0.830. The zero-order valence-corrected chi connectivity index (χ0v) is 14.5. The molecule has 122 valence electrons. The Kier molecular flexibility index (Phi) is 5.54. The van der Waals surface area contributed by atoms with Gasteiger partial charge in [0.15, 0.2) is 0 Å². The van der Waals surface area contributed by atoms with Crippen molar-refractivity contribution in [2.24, 2.45) is 5.92 Å². The first-order valence-corrected chi connectivity index (χ1v) is 9.43. The largest absolute Gasteiger partial charge is 0.332 e. The summed E-state index contributed by atoms with van der Waals surface area (Å²) in [5.74, 6) is 0.968. The topological polar surface area (TPSA) is 8.88 Å². The predicted octanol–water partition coefficient (Wildman–Crippen LogP) is 1.33. The molecule has 0 bridgehead atoms. The molecule has 0 radical (unpaired) electrons. The fourth-order valence-electron chi connectivity index (χ4n) is 4.76. The maximum absolute atomic E-state index is 2.45. The number of quaternary nitrogens is 2. The molecule has 1 saturated heterocycles. The molecule has 3 rings (SSSR count). The summed E-state index contributed by atoms with van der Waals surface area (Å²) in [5, 5.41) is 0. The molecular formula is C20H34N2+2. The molecule has 1 saturated carbocycles. The molecule has 2 heteroatoms. The summed E-state index contributed by atoms with van der Waals surface area (Å²) in [6.07, 6.45) is 8.73. The van der Waals surface area contributed by atoms with E-state index in [0.29, 0.717) is 0 Å². The fourth-order valence-corrected chi connectivity index (χ4v) is 4.76. The van der Waals surface area contributed by atoms with Crippen LogP contribution in [0.25, 0.3) is 0 Å². The molecular weight excluding hydrogens is 268 g/mol. The van der Waals surface area contributed by atoms with Crippen LogP contribution >= 0.6 is 0 Å². The van der Waals surface area contributed by atoms with Crippen LogP contribution in [0.5, 0.6) is 0 Å². The lowest BCUT2D eigenvalue weighted by Crippen LogP contribution is -3.20. The average Bonchev–Trinajstić information content (AvgIpc) is 2.56. The van der Waals surface area contributed by atoms with E-state index >= 15 is 0 Å². The van der Waals surface area contributed by atoms with E-state index in [4.69, 9.17) is 0 Å².